The highest BCUT2D eigenvalue weighted by atomic mass is 35.5. The molecule has 22 heavy (non-hydrogen) atoms. The first-order valence-electron chi connectivity index (χ1n) is 7.16. The summed E-state index contributed by atoms with van der Waals surface area (Å²) >= 11 is 7.13. The predicted molar refractivity (Wildman–Crippen MR) is 89.8 cm³/mol. The van der Waals surface area contributed by atoms with Crippen molar-refractivity contribution in [1.82, 2.24) is 9.88 Å². The van der Waals surface area contributed by atoms with Gasteiger partial charge in [0.25, 0.3) is 0 Å². The minimum absolute atomic E-state index is 0.261. The number of aromatic nitrogens is 1. The van der Waals surface area contributed by atoms with Crippen LogP contribution in [-0.4, -0.2) is 44.6 Å². The molecular weight excluding hydrogens is 344 g/mol. The maximum atomic E-state index is 12.2. The average molecular weight is 365 g/mol. The molecule has 0 radical (unpaired) electrons. The molecule has 0 spiro atoms. The van der Waals surface area contributed by atoms with Crippen molar-refractivity contribution in [3.63, 3.8) is 0 Å². The summed E-state index contributed by atoms with van der Waals surface area (Å²) in [6.45, 7) is 6.85. The number of nitrogens with zero attached hydrogens (tertiary/aromatic N) is 2. The number of amides is 1. The highest BCUT2D eigenvalue weighted by Gasteiger charge is 2.30. The lowest BCUT2D eigenvalue weighted by molar-refractivity contribution is 0.0289. The van der Waals surface area contributed by atoms with E-state index in [0.29, 0.717) is 29.1 Å². The van der Waals surface area contributed by atoms with E-state index in [0.717, 1.165) is 11.3 Å². The maximum Gasteiger partial charge on any atom is 0.410 e. The number of ether oxygens (including phenoxy) is 1. The summed E-state index contributed by atoms with van der Waals surface area (Å²) in [6.07, 6.45) is 2.26. The first-order chi connectivity index (χ1) is 10.2. The Bertz CT molecular complexity index is 557. The quantitative estimate of drug-likeness (QED) is 0.822. The van der Waals surface area contributed by atoms with Crippen LogP contribution in [0.5, 0.6) is 0 Å². The lowest BCUT2D eigenvalue weighted by Gasteiger charge is -2.24. The van der Waals surface area contributed by atoms with Gasteiger partial charge < -0.3 is 9.64 Å². The molecule has 2 rings (SSSR count). The van der Waals surface area contributed by atoms with Crippen molar-refractivity contribution in [3.8, 4) is 0 Å². The van der Waals surface area contributed by atoms with Crippen molar-refractivity contribution in [2.24, 2.45) is 5.92 Å². The Morgan fingerprint density at radius 1 is 1.59 bits per heavy atom. The first-order valence-corrected chi connectivity index (χ1v) is 9.84. The number of carbonyl (C=O) groups is 1. The van der Waals surface area contributed by atoms with Crippen LogP contribution in [0.25, 0.3) is 0 Å². The van der Waals surface area contributed by atoms with Crippen molar-refractivity contribution >= 4 is 39.8 Å². The van der Waals surface area contributed by atoms with Gasteiger partial charge >= 0.3 is 6.09 Å². The third-order valence-corrected chi connectivity index (χ3v) is 5.96. The lowest BCUT2D eigenvalue weighted by Crippen LogP contribution is -2.35. The summed E-state index contributed by atoms with van der Waals surface area (Å²) < 4.78 is 18.0. The van der Waals surface area contributed by atoms with Gasteiger partial charge in [-0.15, -0.1) is 11.3 Å². The molecular formula is C14H21ClN2O3S2. The Kier molecular flexibility index (Phi) is 5.85. The van der Waals surface area contributed by atoms with Crippen molar-refractivity contribution in [2.75, 3.05) is 18.8 Å². The van der Waals surface area contributed by atoms with E-state index in [4.69, 9.17) is 16.3 Å². The van der Waals surface area contributed by atoms with Crippen LogP contribution in [0, 0.1) is 5.92 Å². The normalized spacial score (nSPS) is 20.2. The molecule has 8 heteroatoms. The fourth-order valence-corrected chi connectivity index (χ4v) is 5.00. The van der Waals surface area contributed by atoms with Crippen LogP contribution in [0.1, 0.15) is 32.1 Å². The monoisotopic (exact) mass is 364 g/mol. The van der Waals surface area contributed by atoms with E-state index < -0.39 is 16.4 Å². The van der Waals surface area contributed by atoms with Gasteiger partial charge in [-0.05, 0) is 33.1 Å². The summed E-state index contributed by atoms with van der Waals surface area (Å²) in [7, 11) is -0.962. The second-order valence-corrected chi connectivity index (χ2v) is 9.61. The van der Waals surface area contributed by atoms with Crippen LogP contribution in [-0.2, 0) is 21.3 Å². The van der Waals surface area contributed by atoms with E-state index in [2.05, 4.69) is 4.98 Å². The molecule has 0 aliphatic carbocycles. The van der Waals surface area contributed by atoms with E-state index in [-0.39, 0.29) is 12.0 Å². The zero-order valence-corrected chi connectivity index (χ0v) is 15.4. The van der Waals surface area contributed by atoms with E-state index >= 15 is 0 Å². The predicted octanol–water partition coefficient (Wildman–Crippen LogP) is 3.30. The number of carbonyl (C=O) groups excluding carboxylic acids is 1. The third-order valence-electron chi connectivity index (χ3n) is 3.19. The van der Waals surface area contributed by atoms with Gasteiger partial charge in [0.2, 0.25) is 0 Å². The smallest absolute Gasteiger partial charge is 0.410 e. The second kappa shape index (κ2) is 7.27. The molecule has 0 saturated carbocycles. The van der Waals surface area contributed by atoms with Crippen molar-refractivity contribution in [3.05, 3.63) is 15.5 Å². The first kappa shape index (κ1) is 17.7. The lowest BCUT2D eigenvalue weighted by atomic mass is 10.2. The molecule has 1 saturated heterocycles. The molecule has 0 N–H and O–H groups in total. The largest absolute Gasteiger partial charge is 0.444 e. The van der Waals surface area contributed by atoms with Crippen LogP contribution in [0.4, 0.5) is 4.79 Å². The van der Waals surface area contributed by atoms with Gasteiger partial charge in [0.05, 0.1) is 5.75 Å². The maximum absolute atomic E-state index is 12.2. The van der Waals surface area contributed by atoms with Gasteiger partial charge in [0.1, 0.15) is 5.60 Å². The van der Waals surface area contributed by atoms with E-state index in [9.17, 15) is 9.00 Å². The minimum Gasteiger partial charge on any atom is -0.444 e. The fourth-order valence-electron chi connectivity index (χ4n) is 2.29. The molecule has 1 fully saturated rings. The molecule has 2 heterocycles. The van der Waals surface area contributed by atoms with Gasteiger partial charge in [0, 0.05) is 40.7 Å². The van der Waals surface area contributed by atoms with Crippen LogP contribution < -0.4 is 0 Å². The van der Waals surface area contributed by atoms with E-state index in [1.807, 2.05) is 20.8 Å². The van der Waals surface area contributed by atoms with Gasteiger partial charge in [-0.25, -0.2) is 9.78 Å². The van der Waals surface area contributed by atoms with Crippen molar-refractivity contribution < 1.29 is 13.7 Å². The number of hydrogen-bond acceptors (Lipinski definition) is 5. The minimum atomic E-state index is -0.962. The highest BCUT2D eigenvalue weighted by molar-refractivity contribution is 7.84. The zero-order chi connectivity index (χ0) is 16.3. The number of thiazole rings is 1. The van der Waals surface area contributed by atoms with Crippen LogP contribution in [0.2, 0.25) is 4.47 Å². The summed E-state index contributed by atoms with van der Waals surface area (Å²) in [5, 5.41) is 0. The molecule has 1 amide bonds. The summed E-state index contributed by atoms with van der Waals surface area (Å²) in [5.74, 6) is 1.33. The highest BCUT2D eigenvalue weighted by Crippen LogP contribution is 2.23. The Balaban J connectivity index is 1.78. The standard InChI is InChI=1S/C14H21ClN2O3S2/c1-14(2,3)20-13(18)17-5-4-10(7-17)8-22(19)9-11-6-16-12(15)21-11/h6,10H,4-5,7-9H2,1-3H3/t10-,22+/m0/s1. The Morgan fingerprint density at radius 2 is 2.32 bits per heavy atom. The van der Waals surface area contributed by atoms with Gasteiger partial charge in [0.15, 0.2) is 4.47 Å². The Morgan fingerprint density at radius 3 is 2.91 bits per heavy atom. The molecule has 1 aromatic rings. The molecule has 0 unspecified atom stereocenters. The molecule has 1 aliphatic rings. The summed E-state index contributed by atoms with van der Waals surface area (Å²) in [5.41, 5.74) is -0.483. The topological polar surface area (TPSA) is 59.5 Å². The Labute approximate surface area is 142 Å². The molecule has 124 valence electrons. The third kappa shape index (κ3) is 5.52. The molecule has 2 atom stereocenters. The summed E-state index contributed by atoms with van der Waals surface area (Å²) in [6, 6.07) is 0. The van der Waals surface area contributed by atoms with Crippen molar-refractivity contribution in [2.45, 2.75) is 38.5 Å². The number of rotatable bonds is 4. The average Bonchev–Trinajstić information content (AvgIpc) is 2.96. The molecule has 1 aliphatic heterocycles. The molecule has 0 aromatic carbocycles. The van der Waals surface area contributed by atoms with E-state index in [1.165, 1.54) is 11.3 Å². The Hall–Kier alpha value is -0.660. The fraction of sp³-hybridized carbons (Fsp3) is 0.714. The second-order valence-electron chi connectivity index (χ2n) is 6.41. The van der Waals surface area contributed by atoms with Crippen LogP contribution in [0.3, 0.4) is 0 Å². The van der Waals surface area contributed by atoms with Crippen LogP contribution in [0.15, 0.2) is 6.20 Å². The molecule has 5 nitrogen and oxygen atoms in total. The number of likely N-dealkylation sites (tertiary alicyclic amines) is 1. The van der Waals surface area contributed by atoms with Crippen molar-refractivity contribution in [1.29, 1.82) is 0 Å². The molecule has 0 bridgehead atoms. The molecule has 1 aromatic heterocycles. The zero-order valence-electron chi connectivity index (χ0n) is 13.0. The van der Waals surface area contributed by atoms with Gasteiger partial charge in [-0.2, -0.15) is 0 Å². The van der Waals surface area contributed by atoms with Gasteiger partial charge in [-0.3, -0.25) is 4.21 Å². The summed E-state index contributed by atoms with van der Waals surface area (Å²) in [4.78, 5) is 18.6. The van der Waals surface area contributed by atoms with Gasteiger partial charge in [-0.1, -0.05) is 11.6 Å². The SMILES string of the molecule is CC(C)(C)OC(=O)N1CC[C@H](C[S@@](=O)Cc2cnc(Cl)s2)C1. The van der Waals surface area contributed by atoms with Crippen LogP contribution >= 0.6 is 22.9 Å². The number of hydrogen-bond donors (Lipinski definition) is 0. The number of halogens is 1. The van der Waals surface area contributed by atoms with E-state index in [1.54, 1.807) is 11.1 Å².